The van der Waals surface area contributed by atoms with E-state index in [4.69, 9.17) is 0 Å². The van der Waals surface area contributed by atoms with Gasteiger partial charge < -0.3 is 5.32 Å². The van der Waals surface area contributed by atoms with Crippen LogP contribution in [0.5, 0.6) is 0 Å². The summed E-state index contributed by atoms with van der Waals surface area (Å²) in [5.74, 6) is 1.04. The van der Waals surface area contributed by atoms with E-state index in [9.17, 15) is 4.79 Å². The maximum absolute atomic E-state index is 12.6. The number of amides is 1. The van der Waals surface area contributed by atoms with Crippen LogP contribution >= 0.6 is 23.1 Å². The number of rotatable bonds is 4. The fraction of sp³-hybridized carbons (Fsp3) is 0.261. The van der Waals surface area contributed by atoms with Crippen LogP contribution in [0.4, 0.5) is 5.69 Å². The van der Waals surface area contributed by atoms with Gasteiger partial charge in [-0.3, -0.25) is 4.79 Å². The van der Waals surface area contributed by atoms with Crippen LogP contribution in [0.2, 0.25) is 0 Å². The number of benzene rings is 2. The third-order valence-corrected chi connectivity index (χ3v) is 7.58. The van der Waals surface area contributed by atoms with Gasteiger partial charge in [0.25, 0.3) is 0 Å². The van der Waals surface area contributed by atoms with E-state index in [0.29, 0.717) is 5.75 Å². The number of thiophene rings is 1. The van der Waals surface area contributed by atoms with E-state index in [-0.39, 0.29) is 5.91 Å². The highest BCUT2D eigenvalue weighted by atomic mass is 32.2. The van der Waals surface area contributed by atoms with Crippen LogP contribution in [0.25, 0.3) is 21.0 Å². The molecule has 0 bridgehead atoms. The fourth-order valence-corrected chi connectivity index (χ4v) is 6.19. The summed E-state index contributed by atoms with van der Waals surface area (Å²) in [7, 11) is 0. The molecule has 1 amide bonds. The van der Waals surface area contributed by atoms with Crippen molar-refractivity contribution in [1.29, 1.82) is 0 Å². The topological polar surface area (TPSA) is 54.9 Å². The SMILES string of the molecule is CC1CCc2c(sc3ncnc(SCC(=O)Nc4ccc5ccccc5c4)c23)C1. The standard InChI is InChI=1S/C23H21N3OS2/c1-14-6-9-18-19(10-14)29-23-21(18)22(24-13-25-23)28-12-20(27)26-17-8-7-15-4-2-3-5-16(15)11-17/h2-5,7-8,11,13-14H,6,9-10,12H2,1H3,(H,26,27). The maximum Gasteiger partial charge on any atom is 0.234 e. The average molecular weight is 420 g/mol. The van der Waals surface area contributed by atoms with Crippen molar-refractivity contribution in [1.82, 2.24) is 9.97 Å². The highest BCUT2D eigenvalue weighted by Crippen LogP contribution is 2.40. The molecule has 1 aliphatic rings. The molecule has 5 rings (SSSR count). The Hall–Kier alpha value is -2.44. The second-order valence-electron chi connectivity index (χ2n) is 7.61. The van der Waals surface area contributed by atoms with E-state index in [1.54, 1.807) is 17.7 Å². The summed E-state index contributed by atoms with van der Waals surface area (Å²) in [5, 5.41) is 7.40. The zero-order valence-electron chi connectivity index (χ0n) is 16.1. The van der Waals surface area contributed by atoms with Crippen molar-refractivity contribution in [2.45, 2.75) is 31.2 Å². The first-order valence-electron chi connectivity index (χ1n) is 9.84. The molecule has 4 aromatic rings. The predicted octanol–water partition coefficient (Wildman–Crippen LogP) is 5.70. The summed E-state index contributed by atoms with van der Waals surface area (Å²) in [4.78, 5) is 24.0. The monoisotopic (exact) mass is 419 g/mol. The zero-order chi connectivity index (χ0) is 19.8. The smallest absolute Gasteiger partial charge is 0.234 e. The molecule has 1 atom stereocenters. The van der Waals surface area contributed by atoms with Crippen molar-refractivity contribution >= 4 is 55.7 Å². The van der Waals surface area contributed by atoms with E-state index >= 15 is 0 Å². The van der Waals surface area contributed by atoms with Crippen LogP contribution < -0.4 is 5.32 Å². The van der Waals surface area contributed by atoms with Crippen molar-refractivity contribution in [2.24, 2.45) is 5.92 Å². The van der Waals surface area contributed by atoms with Gasteiger partial charge in [-0.15, -0.1) is 11.3 Å². The fourth-order valence-electron chi connectivity index (χ4n) is 3.95. The van der Waals surface area contributed by atoms with Crippen molar-refractivity contribution in [2.75, 3.05) is 11.1 Å². The molecule has 6 heteroatoms. The summed E-state index contributed by atoms with van der Waals surface area (Å²) < 4.78 is 0. The van der Waals surface area contributed by atoms with Gasteiger partial charge in [-0.1, -0.05) is 49.0 Å². The van der Waals surface area contributed by atoms with Gasteiger partial charge in [0.15, 0.2) is 0 Å². The molecule has 2 aromatic heterocycles. The number of aromatic nitrogens is 2. The van der Waals surface area contributed by atoms with Crippen LogP contribution in [0.1, 0.15) is 23.8 Å². The lowest BCUT2D eigenvalue weighted by Gasteiger charge is -2.18. The zero-order valence-corrected chi connectivity index (χ0v) is 17.8. The molecule has 0 saturated carbocycles. The van der Waals surface area contributed by atoms with Gasteiger partial charge in [0.05, 0.1) is 5.75 Å². The van der Waals surface area contributed by atoms with Crippen molar-refractivity contribution in [3.05, 3.63) is 59.2 Å². The number of hydrogen-bond acceptors (Lipinski definition) is 5. The number of nitrogens with one attached hydrogen (secondary N) is 1. The van der Waals surface area contributed by atoms with Gasteiger partial charge >= 0.3 is 0 Å². The van der Waals surface area contributed by atoms with Crippen LogP contribution in [0, 0.1) is 5.92 Å². The van der Waals surface area contributed by atoms with E-state index in [0.717, 1.165) is 39.7 Å². The van der Waals surface area contributed by atoms with E-state index in [1.165, 1.54) is 39.4 Å². The summed E-state index contributed by atoms with van der Waals surface area (Å²) in [5.41, 5.74) is 2.23. The summed E-state index contributed by atoms with van der Waals surface area (Å²) >= 11 is 3.29. The lowest BCUT2D eigenvalue weighted by atomic mass is 9.89. The molecule has 1 unspecified atom stereocenters. The first kappa shape index (κ1) is 18.6. The van der Waals surface area contributed by atoms with E-state index in [1.807, 2.05) is 30.3 Å². The number of nitrogens with zero attached hydrogens (tertiary/aromatic N) is 2. The maximum atomic E-state index is 12.6. The lowest BCUT2D eigenvalue weighted by molar-refractivity contribution is -0.113. The van der Waals surface area contributed by atoms with Crippen LogP contribution in [0.15, 0.2) is 53.8 Å². The number of aryl methyl sites for hydroxylation is 1. The van der Waals surface area contributed by atoms with Gasteiger partial charge in [0, 0.05) is 16.0 Å². The third-order valence-electron chi connectivity index (χ3n) is 5.43. The number of carbonyl (C=O) groups excluding carboxylic acids is 1. The molecule has 0 fully saturated rings. The molecule has 2 heterocycles. The Labute approximate surface area is 177 Å². The first-order chi connectivity index (χ1) is 14.2. The highest BCUT2D eigenvalue weighted by Gasteiger charge is 2.23. The van der Waals surface area contributed by atoms with Crippen molar-refractivity contribution in [3.63, 3.8) is 0 Å². The number of fused-ring (bicyclic) bond motifs is 4. The molecule has 0 spiro atoms. The quantitative estimate of drug-likeness (QED) is 0.340. The molecule has 146 valence electrons. The van der Waals surface area contributed by atoms with E-state index in [2.05, 4.69) is 34.3 Å². The Balaban J connectivity index is 1.33. The Bertz CT molecular complexity index is 1220. The molecule has 29 heavy (non-hydrogen) atoms. The summed E-state index contributed by atoms with van der Waals surface area (Å²) in [6.45, 7) is 2.31. The molecule has 1 N–H and O–H groups in total. The second-order valence-corrected chi connectivity index (χ2v) is 9.66. The molecule has 0 aliphatic heterocycles. The predicted molar refractivity (Wildman–Crippen MR) is 122 cm³/mol. The van der Waals surface area contributed by atoms with Gasteiger partial charge in [-0.05, 0) is 53.6 Å². The molecule has 0 saturated heterocycles. The average Bonchev–Trinajstić information content (AvgIpc) is 3.10. The largest absolute Gasteiger partial charge is 0.325 e. The van der Waals surface area contributed by atoms with Gasteiger partial charge in [-0.25, -0.2) is 9.97 Å². The minimum atomic E-state index is -0.0187. The van der Waals surface area contributed by atoms with Crippen molar-refractivity contribution in [3.8, 4) is 0 Å². The Morgan fingerprint density at radius 1 is 1.21 bits per heavy atom. The molecule has 2 aromatic carbocycles. The molecular formula is C23H21N3OS2. The Morgan fingerprint density at radius 3 is 2.97 bits per heavy atom. The summed E-state index contributed by atoms with van der Waals surface area (Å²) in [6.07, 6.45) is 5.04. The molecule has 1 aliphatic carbocycles. The van der Waals surface area contributed by atoms with Crippen LogP contribution in [-0.2, 0) is 17.6 Å². The van der Waals surface area contributed by atoms with Gasteiger partial charge in [0.1, 0.15) is 16.2 Å². The first-order valence-corrected chi connectivity index (χ1v) is 11.6. The Kier molecular flexibility index (Phi) is 4.97. The number of anilines is 1. The highest BCUT2D eigenvalue weighted by molar-refractivity contribution is 8.00. The Morgan fingerprint density at radius 2 is 2.07 bits per heavy atom. The summed E-state index contributed by atoms with van der Waals surface area (Å²) in [6, 6.07) is 14.1. The lowest BCUT2D eigenvalue weighted by Crippen LogP contribution is -2.14. The molecule has 4 nitrogen and oxygen atoms in total. The van der Waals surface area contributed by atoms with Crippen molar-refractivity contribution < 1.29 is 4.79 Å². The molecule has 0 radical (unpaired) electrons. The van der Waals surface area contributed by atoms with Crippen LogP contribution in [0.3, 0.4) is 0 Å². The number of carbonyl (C=O) groups is 1. The van der Waals surface area contributed by atoms with Gasteiger partial charge in [0.2, 0.25) is 5.91 Å². The second kappa shape index (κ2) is 7.76. The van der Waals surface area contributed by atoms with Crippen LogP contribution in [-0.4, -0.2) is 21.6 Å². The minimum Gasteiger partial charge on any atom is -0.325 e. The van der Waals surface area contributed by atoms with Gasteiger partial charge in [-0.2, -0.15) is 0 Å². The third kappa shape index (κ3) is 3.74. The number of thioether (sulfide) groups is 1. The van der Waals surface area contributed by atoms with E-state index < -0.39 is 0 Å². The molecular weight excluding hydrogens is 398 g/mol. The normalized spacial score (nSPS) is 16.1. The minimum absolute atomic E-state index is 0.0187. The number of hydrogen-bond donors (Lipinski definition) is 1.